The normalized spacial score (nSPS) is 13.5. The molecule has 4 aromatic rings. The maximum absolute atomic E-state index is 13.0. The van der Waals surface area contributed by atoms with Crippen molar-refractivity contribution in [3.63, 3.8) is 0 Å². The summed E-state index contributed by atoms with van der Waals surface area (Å²) in [5.41, 5.74) is 3.36. The van der Waals surface area contributed by atoms with E-state index >= 15 is 0 Å². The monoisotopic (exact) mass is 507 g/mol. The maximum atomic E-state index is 13.0. The molecule has 31 heavy (non-hydrogen) atoms. The van der Waals surface area contributed by atoms with Crippen LogP contribution in [-0.2, 0) is 17.8 Å². The highest BCUT2D eigenvalue weighted by Gasteiger charge is 2.29. The van der Waals surface area contributed by atoms with Crippen molar-refractivity contribution in [2.75, 3.05) is 11.9 Å². The Kier molecular flexibility index (Phi) is 5.52. The zero-order valence-corrected chi connectivity index (χ0v) is 20.2. The molecule has 1 aliphatic heterocycles. The average Bonchev–Trinajstić information content (AvgIpc) is 3.40. The molecule has 0 atom stereocenters. The lowest BCUT2D eigenvalue weighted by molar-refractivity contribution is -0.129. The first-order valence-electron chi connectivity index (χ1n) is 9.43. The molecule has 0 unspecified atom stereocenters. The van der Waals surface area contributed by atoms with Crippen molar-refractivity contribution in [2.45, 2.75) is 19.9 Å². The Morgan fingerprint density at radius 1 is 1.16 bits per heavy atom. The molecule has 4 heterocycles. The highest BCUT2D eigenvalue weighted by atomic mass is 35.5. The van der Waals surface area contributed by atoms with E-state index in [1.807, 2.05) is 29.2 Å². The number of benzene rings is 1. The summed E-state index contributed by atoms with van der Waals surface area (Å²) in [5.74, 6) is -0.261. The summed E-state index contributed by atoms with van der Waals surface area (Å²) in [7, 11) is 0. The quantitative estimate of drug-likeness (QED) is 0.341. The van der Waals surface area contributed by atoms with Crippen LogP contribution in [-0.4, -0.2) is 28.2 Å². The molecule has 0 radical (unpaired) electrons. The van der Waals surface area contributed by atoms with E-state index in [2.05, 4.69) is 5.32 Å². The minimum atomic E-state index is -0.308. The second kappa shape index (κ2) is 8.18. The number of hydrogen-bond acceptors (Lipinski definition) is 6. The Balaban J connectivity index is 1.60. The third-order valence-corrected chi connectivity index (χ3v) is 8.81. The summed E-state index contributed by atoms with van der Waals surface area (Å²) in [6, 6.07) is 9.55. The molecule has 5 nitrogen and oxygen atoms in total. The standard InChI is InChI=1S/C21H15Cl2N3O2S3/c1-10(27)26-7-6-11-15(9-26)30-21(25-19(28)12-8-16(22)31-18(12)23)17(11)20-24-13-4-2-3-5-14(13)29-20/h2-5,8H,6-7,9H2,1H3,(H,25,28). The van der Waals surface area contributed by atoms with Gasteiger partial charge in [-0.25, -0.2) is 4.98 Å². The Labute approximate surface area is 200 Å². The van der Waals surface area contributed by atoms with Crippen LogP contribution in [0.15, 0.2) is 30.3 Å². The predicted molar refractivity (Wildman–Crippen MR) is 130 cm³/mol. The molecule has 158 valence electrons. The number of carbonyl (C=O) groups is 2. The SMILES string of the molecule is CC(=O)N1CCc2c(sc(NC(=O)c3cc(Cl)sc3Cl)c2-c2nc3ccccc3s2)C1. The minimum Gasteiger partial charge on any atom is -0.337 e. The van der Waals surface area contributed by atoms with Gasteiger partial charge in [0.1, 0.15) is 14.3 Å². The number of aromatic nitrogens is 1. The first kappa shape index (κ1) is 20.9. The van der Waals surface area contributed by atoms with Crippen molar-refractivity contribution in [1.29, 1.82) is 0 Å². The lowest BCUT2D eigenvalue weighted by atomic mass is 10.0. The van der Waals surface area contributed by atoms with Crippen molar-refractivity contribution in [1.82, 2.24) is 9.88 Å². The van der Waals surface area contributed by atoms with E-state index in [1.54, 1.807) is 24.3 Å². The lowest BCUT2D eigenvalue weighted by Crippen LogP contribution is -2.33. The van der Waals surface area contributed by atoms with E-state index in [9.17, 15) is 9.59 Å². The predicted octanol–water partition coefficient (Wildman–Crippen LogP) is 6.55. The molecule has 0 spiro atoms. The van der Waals surface area contributed by atoms with Gasteiger partial charge in [0.15, 0.2) is 0 Å². The summed E-state index contributed by atoms with van der Waals surface area (Å²) < 4.78 is 1.90. The first-order valence-corrected chi connectivity index (χ1v) is 12.6. The number of halogens is 2. The third-order valence-electron chi connectivity index (χ3n) is 5.14. The van der Waals surface area contributed by atoms with E-state index < -0.39 is 0 Å². The number of nitrogens with one attached hydrogen (secondary N) is 1. The average molecular weight is 508 g/mol. The molecule has 0 saturated heterocycles. The Bertz CT molecular complexity index is 1310. The first-order chi connectivity index (χ1) is 14.9. The van der Waals surface area contributed by atoms with Crippen molar-refractivity contribution in [3.05, 3.63) is 55.0 Å². The van der Waals surface area contributed by atoms with Gasteiger partial charge in [-0.15, -0.1) is 34.0 Å². The summed E-state index contributed by atoms with van der Waals surface area (Å²) >= 11 is 16.5. The molecular formula is C21H15Cl2N3O2S3. The molecular weight excluding hydrogens is 493 g/mol. The largest absolute Gasteiger partial charge is 0.337 e. The fraction of sp³-hybridized carbons (Fsp3) is 0.190. The Morgan fingerprint density at radius 2 is 1.97 bits per heavy atom. The van der Waals surface area contributed by atoms with Gasteiger partial charge < -0.3 is 10.2 Å². The molecule has 0 saturated carbocycles. The van der Waals surface area contributed by atoms with E-state index in [0.717, 1.165) is 54.0 Å². The number of thiazole rings is 1. The van der Waals surface area contributed by atoms with Crippen LogP contribution in [0.3, 0.4) is 0 Å². The maximum Gasteiger partial charge on any atom is 0.258 e. The number of nitrogens with zero attached hydrogens (tertiary/aromatic N) is 2. The lowest BCUT2D eigenvalue weighted by Gasteiger charge is -2.26. The van der Waals surface area contributed by atoms with Gasteiger partial charge in [-0.1, -0.05) is 35.3 Å². The van der Waals surface area contributed by atoms with Crippen LogP contribution in [0.1, 0.15) is 27.7 Å². The van der Waals surface area contributed by atoms with Gasteiger partial charge in [0.05, 0.1) is 26.7 Å². The van der Waals surface area contributed by atoms with Gasteiger partial charge in [0, 0.05) is 23.9 Å². The Hall–Kier alpha value is -1.97. The highest BCUT2D eigenvalue weighted by Crippen LogP contribution is 2.46. The van der Waals surface area contributed by atoms with Crippen molar-refractivity contribution < 1.29 is 9.59 Å². The molecule has 1 aliphatic rings. The van der Waals surface area contributed by atoms with E-state index in [0.29, 0.717) is 27.3 Å². The van der Waals surface area contributed by atoms with Crippen LogP contribution in [0.4, 0.5) is 5.00 Å². The second-order valence-electron chi connectivity index (χ2n) is 7.08. The fourth-order valence-corrected chi connectivity index (χ4v) is 7.46. The number of carbonyl (C=O) groups excluding carboxylic acids is 2. The van der Waals surface area contributed by atoms with Crippen molar-refractivity contribution >= 4 is 84.2 Å². The van der Waals surface area contributed by atoms with Crippen LogP contribution in [0, 0.1) is 0 Å². The van der Waals surface area contributed by atoms with Crippen molar-refractivity contribution in [3.8, 4) is 10.6 Å². The van der Waals surface area contributed by atoms with Crippen LogP contribution in [0.2, 0.25) is 8.67 Å². The fourth-order valence-electron chi connectivity index (χ4n) is 3.63. The molecule has 2 amide bonds. The number of para-hydroxylation sites is 1. The van der Waals surface area contributed by atoms with Crippen molar-refractivity contribution in [2.24, 2.45) is 0 Å². The van der Waals surface area contributed by atoms with Crippen LogP contribution in [0.25, 0.3) is 20.8 Å². The minimum absolute atomic E-state index is 0.0471. The topological polar surface area (TPSA) is 62.3 Å². The zero-order valence-electron chi connectivity index (χ0n) is 16.2. The molecule has 5 rings (SSSR count). The summed E-state index contributed by atoms with van der Waals surface area (Å²) in [4.78, 5) is 32.6. The van der Waals surface area contributed by atoms with Gasteiger partial charge in [-0.3, -0.25) is 9.59 Å². The van der Waals surface area contributed by atoms with E-state index in [4.69, 9.17) is 28.2 Å². The van der Waals surface area contributed by atoms with Crippen LogP contribution >= 0.6 is 57.2 Å². The van der Waals surface area contributed by atoms with E-state index in [1.165, 1.54) is 11.3 Å². The van der Waals surface area contributed by atoms with Crippen LogP contribution < -0.4 is 5.32 Å². The van der Waals surface area contributed by atoms with Gasteiger partial charge in [-0.05, 0) is 30.2 Å². The molecule has 1 aromatic carbocycles. The molecule has 0 aliphatic carbocycles. The molecule has 3 aromatic heterocycles. The highest BCUT2D eigenvalue weighted by molar-refractivity contribution is 7.23. The van der Waals surface area contributed by atoms with Crippen LogP contribution in [0.5, 0.6) is 0 Å². The molecule has 10 heteroatoms. The number of rotatable bonds is 3. The third kappa shape index (κ3) is 3.87. The number of amides is 2. The molecule has 0 fully saturated rings. The number of anilines is 1. The smallest absolute Gasteiger partial charge is 0.258 e. The molecule has 1 N–H and O–H groups in total. The van der Waals surface area contributed by atoms with E-state index in [-0.39, 0.29) is 11.8 Å². The Morgan fingerprint density at radius 3 is 2.68 bits per heavy atom. The van der Waals surface area contributed by atoms with Gasteiger partial charge in [-0.2, -0.15) is 0 Å². The number of hydrogen-bond donors (Lipinski definition) is 1. The van der Waals surface area contributed by atoms with Gasteiger partial charge in [0.25, 0.3) is 5.91 Å². The van der Waals surface area contributed by atoms with Gasteiger partial charge in [0.2, 0.25) is 5.91 Å². The number of fused-ring (bicyclic) bond motifs is 2. The second-order valence-corrected chi connectivity index (χ2v) is 11.5. The van der Waals surface area contributed by atoms with Gasteiger partial charge >= 0.3 is 0 Å². The summed E-state index contributed by atoms with van der Waals surface area (Å²) in [5, 5.41) is 4.61. The molecule has 0 bridgehead atoms. The zero-order chi connectivity index (χ0) is 21.7. The summed E-state index contributed by atoms with van der Waals surface area (Å²) in [6.07, 6.45) is 0.720. The summed E-state index contributed by atoms with van der Waals surface area (Å²) in [6.45, 7) is 2.77. The number of thiophene rings is 2.